The molecule has 0 bridgehead atoms. The van der Waals surface area contributed by atoms with Crippen molar-refractivity contribution in [3.8, 4) is 11.1 Å². The molecule has 2 unspecified atom stereocenters. The highest BCUT2D eigenvalue weighted by atomic mass is 32.2. The Morgan fingerprint density at radius 1 is 1.21 bits per heavy atom. The predicted molar refractivity (Wildman–Crippen MR) is 130 cm³/mol. The minimum atomic E-state index is -3.70. The van der Waals surface area contributed by atoms with Gasteiger partial charge in [0, 0.05) is 23.2 Å². The van der Waals surface area contributed by atoms with Crippen molar-refractivity contribution in [1.82, 2.24) is 8.87 Å². The first-order chi connectivity index (χ1) is 15.8. The van der Waals surface area contributed by atoms with E-state index in [9.17, 15) is 22.2 Å². The molecule has 0 amide bonds. The number of carbonyl (C=O) groups excluding carboxylic acids is 1. The molecule has 0 saturated carbocycles. The zero-order valence-electron chi connectivity index (χ0n) is 19.7. The van der Waals surface area contributed by atoms with E-state index in [1.54, 1.807) is 64.4 Å². The Morgan fingerprint density at radius 2 is 1.91 bits per heavy atom. The van der Waals surface area contributed by atoms with Crippen LogP contribution in [0, 0.1) is 5.82 Å². The van der Waals surface area contributed by atoms with Crippen LogP contribution in [0.1, 0.15) is 39.3 Å². The molecule has 34 heavy (non-hydrogen) atoms. The Balaban J connectivity index is 1.81. The fraction of sp³-hybridized carbons (Fsp3) is 0.375. The van der Waals surface area contributed by atoms with E-state index in [-0.39, 0.29) is 17.2 Å². The lowest BCUT2D eigenvalue weighted by atomic mass is 9.99. The molecular formula is C24H27FN2O5S2. The maximum atomic E-state index is 14.1. The highest BCUT2D eigenvalue weighted by molar-refractivity contribution is 7.91. The fourth-order valence-electron chi connectivity index (χ4n) is 4.19. The number of nitrogens with zero attached hydrogens (tertiary/aromatic N) is 2. The standard InChI is InChI=1S/C24H27FN2O5S2/c1-15-19-12-16(6-9-22(19)34(30,31)27(15)10-11-33(5)29)20-14-26(23(28)32-24(2,3)4)21-13-17(25)7-8-18(20)21/h6-9,12-15H,10-11H2,1-5H3. The van der Waals surface area contributed by atoms with Gasteiger partial charge in [-0.3, -0.25) is 4.57 Å². The zero-order valence-corrected chi connectivity index (χ0v) is 21.3. The van der Waals surface area contributed by atoms with Crippen molar-refractivity contribution < 1.29 is 26.9 Å². The molecule has 0 spiro atoms. The van der Waals surface area contributed by atoms with Gasteiger partial charge in [-0.15, -0.1) is 0 Å². The molecule has 1 aliphatic rings. The first-order valence-electron chi connectivity index (χ1n) is 10.8. The Bertz CT molecular complexity index is 1380. The number of aromatic nitrogens is 1. The number of ether oxygens (including phenoxy) is 1. The van der Waals surface area contributed by atoms with Gasteiger partial charge in [0.1, 0.15) is 17.2 Å². The molecule has 2 aromatic carbocycles. The van der Waals surface area contributed by atoms with E-state index in [1.165, 1.54) is 21.0 Å². The highest BCUT2D eigenvalue weighted by Crippen LogP contribution is 2.42. The van der Waals surface area contributed by atoms with Crippen LogP contribution in [-0.4, -0.2) is 52.1 Å². The minimum absolute atomic E-state index is 0.161. The van der Waals surface area contributed by atoms with Crippen LogP contribution in [0.25, 0.3) is 22.0 Å². The van der Waals surface area contributed by atoms with E-state index in [2.05, 4.69) is 0 Å². The summed E-state index contributed by atoms with van der Waals surface area (Å²) in [6, 6.07) is 8.78. The number of rotatable bonds is 4. The number of sulfonamides is 1. The summed E-state index contributed by atoms with van der Waals surface area (Å²) in [4.78, 5) is 13.0. The van der Waals surface area contributed by atoms with Crippen molar-refractivity contribution in [3.63, 3.8) is 0 Å². The smallest absolute Gasteiger partial charge is 0.419 e. The summed E-state index contributed by atoms with van der Waals surface area (Å²) in [5, 5.41) is 0.638. The zero-order chi connectivity index (χ0) is 25.0. The molecule has 1 aromatic heterocycles. The lowest BCUT2D eigenvalue weighted by Gasteiger charge is -2.20. The Hall–Kier alpha value is -2.40. The number of carbonyl (C=O) groups is 1. The second kappa shape index (κ2) is 8.67. The summed E-state index contributed by atoms with van der Waals surface area (Å²) >= 11 is -1.12. The van der Waals surface area contributed by atoms with E-state index in [4.69, 9.17) is 4.74 Å². The van der Waals surface area contributed by atoms with Gasteiger partial charge in [0.25, 0.3) is 0 Å². The summed E-state index contributed by atoms with van der Waals surface area (Å²) in [6.07, 6.45) is 2.50. The quantitative estimate of drug-likeness (QED) is 0.480. The topological polar surface area (TPSA) is 91.7 Å². The number of hydrogen-bond donors (Lipinski definition) is 0. The van der Waals surface area contributed by atoms with Gasteiger partial charge in [-0.2, -0.15) is 4.31 Å². The third-order valence-corrected chi connectivity index (χ3v) is 8.55. The molecule has 0 N–H and O–H groups in total. The van der Waals surface area contributed by atoms with Crippen molar-refractivity contribution in [1.29, 1.82) is 0 Å². The molecule has 0 radical (unpaired) electrons. The van der Waals surface area contributed by atoms with Gasteiger partial charge in [-0.25, -0.2) is 17.6 Å². The van der Waals surface area contributed by atoms with E-state index < -0.39 is 44.8 Å². The van der Waals surface area contributed by atoms with Gasteiger partial charge in [0.2, 0.25) is 10.0 Å². The van der Waals surface area contributed by atoms with E-state index in [1.807, 2.05) is 0 Å². The summed E-state index contributed by atoms with van der Waals surface area (Å²) in [7, 11) is -3.70. The van der Waals surface area contributed by atoms with Crippen LogP contribution in [0.2, 0.25) is 0 Å². The Kier molecular flexibility index (Phi) is 6.30. The Labute approximate surface area is 201 Å². The molecule has 10 heteroatoms. The second-order valence-corrected chi connectivity index (χ2v) is 12.8. The van der Waals surface area contributed by atoms with Gasteiger partial charge >= 0.3 is 6.09 Å². The molecule has 2 heterocycles. The molecule has 182 valence electrons. The van der Waals surface area contributed by atoms with Gasteiger partial charge in [0.05, 0.1) is 23.2 Å². The molecule has 0 fully saturated rings. The SMILES string of the molecule is CC1c2cc(-c3cn(C(=O)OC(C)(C)C)c4cc(F)ccc34)ccc2S(=O)(=O)N1CC[S+](C)[O-]. The van der Waals surface area contributed by atoms with Crippen LogP contribution >= 0.6 is 0 Å². The van der Waals surface area contributed by atoms with Crippen molar-refractivity contribution >= 4 is 38.2 Å². The summed E-state index contributed by atoms with van der Waals surface area (Å²) < 4.78 is 59.8. The summed E-state index contributed by atoms with van der Waals surface area (Å²) in [6.45, 7) is 7.21. The van der Waals surface area contributed by atoms with Crippen LogP contribution in [0.5, 0.6) is 0 Å². The molecule has 0 aliphatic carbocycles. The molecule has 4 rings (SSSR count). The third-order valence-electron chi connectivity index (χ3n) is 5.75. The maximum Gasteiger partial charge on any atom is 0.419 e. The van der Waals surface area contributed by atoms with Gasteiger partial charge in [0.15, 0.2) is 0 Å². The van der Waals surface area contributed by atoms with Crippen LogP contribution in [0.4, 0.5) is 9.18 Å². The second-order valence-electron chi connectivity index (χ2n) is 9.38. The van der Waals surface area contributed by atoms with Gasteiger partial charge < -0.3 is 9.29 Å². The van der Waals surface area contributed by atoms with Gasteiger partial charge in [-0.05, 0) is 69.2 Å². The van der Waals surface area contributed by atoms with Crippen molar-refractivity contribution in [2.24, 2.45) is 0 Å². The monoisotopic (exact) mass is 506 g/mol. The first kappa shape index (κ1) is 24.7. The number of hydrogen-bond acceptors (Lipinski definition) is 5. The number of halogens is 1. The molecule has 0 saturated heterocycles. The molecule has 1 aliphatic heterocycles. The molecule has 3 aromatic rings. The van der Waals surface area contributed by atoms with Gasteiger partial charge in [-0.1, -0.05) is 17.2 Å². The fourth-order valence-corrected chi connectivity index (χ4v) is 6.64. The number of fused-ring (bicyclic) bond motifs is 2. The van der Waals surface area contributed by atoms with E-state index in [0.29, 0.717) is 27.6 Å². The molecule has 2 atom stereocenters. The Morgan fingerprint density at radius 3 is 2.56 bits per heavy atom. The third kappa shape index (κ3) is 4.47. The van der Waals surface area contributed by atoms with Crippen molar-refractivity contribution in [2.75, 3.05) is 18.6 Å². The maximum absolute atomic E-state index is 14.1. The normalized spacial score (nSPS) is 18.7. The molecular weight excluding hydrogens is 479 g/mol. The molecule has 7 nitrogen and oxygen atoms in total. The minimum Gasteiger partial charge on any atom is -0.617 e. The van der Waals surface area contributed by atoms with Crippen LogP contribution < -0.4 is 0 Å². The van der Waals surface area contributed by atoms with E-state index in [0.717, 1.165) is 0 Å². The summed E-state index contributed by atoms with van der Waals surface area (Å²) in [5.41, 5.74) is 1.60. The average Bonchev–Trinajstić information content (AvgIpc) is 3.18. The van der Waals surface area contributed by atoms with Crippen LogP contribution in [0.3, 0.4) is 0 Å². The van der Waals surface area contributed by atoms with Crippen LogP contribution in [0.15, 0.2) is 47.5 Å². The average molecular weight is 507 g/mol. The highest BCUT2D eigenvalue weighted by Gasteiger charge is 2.40. The van der Waals surface area contributed by atoms with Crippen LogP contribution in [-0.2, 0) is 25.9 Å². The summed E-state index contributed by atoms with van der Waals surface area (Å²) in [5.74, 6) is -0.237. The van der Waals surface area contributed by atoms with Crippen molar-refractivity contribution in [3.05, 3.63) is 54.0 Å². The first-order valence-corrected chi connectivity index (χ1v) is 14.0. The van der Waals surface area contributed by atoms with E-state index >= 15 is 0 Å². The van der Waals surface area contributed by atoms with Crippen molar-refractivity contribution in [2.45, 2.75) is 44.2 Å². The number of benzene rings is 2. The lowest BCUT2D eigenvalue weighted by molar-refractivity contribution is 0.0544. The lowest BCUT2D eigenvalue weighted by Crippen LogP contribution is -2.31. The predicted octanol–water partition coefficient (Wildman–Crippen LogP) is 4.67. The largest absolute Gasteiger partial charge is 0.617 e.